The lowest BCUT2D eigenvalue weighted by Gasteiger charge is -2.32. The fraction of sp³-hybridized carbons (Fsp3) is 0.500. The Balaban J connectivity index is 2.07. The van der Waals surface area contributed by atoms with Gasteiger partial charge >= 0.3 is 0 Å². The third kappa shape index (κ3) is 3.60. The lowest BCUT2D eigenvalue weighted by molar-refractivity contribution is 0.0829. The normalized spacial score (nSPS) is 20.1. The van der Waals surface area contributed by atoms with E-state index >= 15 is 0 Å². The molecule has 1 N–H and O–H groups in total. The maximum Gasteiger partial charge on any atom is 0.252 e. The minimum Gasteiger partial charge on any atom is -0.496 e. The van der Waals surface area contributed by atoms with Crippen molar-refractivity contribution in [3.63, 3.8) is 0 Å². The standard InChI is InChI=1S/C14H19IN2O2/c1-17-8-4-3-5-13(17)16-14(18)10-6-7-11(15)12(9-10)19-2/h6-7,9,13H,3-5,8H2,1-2H3,(H,16,18). The van der Waals surface area contributed by atoms with Crippen LogP contribution >= 0.6 is 22.6 Å². The van der Waals surface area contributed by atoms with Gasteiger partial charge in [-0.25, -0.2) is 0 Å². The van der Waals surface area contributed by atoms with Gasteiger partial charge in [-0.2, -0.15) is 0 Å². The van der Waals surface area contributed by atoms with Crippen LogP contribution in [0.5, 0.6) is 5.75 Å². The van der Waals surface area contributed by atoms with Gasteiger partial charge < -0.3 is 10.1 Å². The van der Waals surface area contributed by atoms with Crippen molar-refractivity contribution < 1.29 is 9.53 Å². The maximum atomic E-state index is 12.2. The third-order valence-corrected chi connectivity index (χ3v) is 4.37. The summed E-state index contributed by atoms with van der Waals surface area (Å²) in [7, 11) is 3.67. The second-order valence-electron chi connectivity index (χ2n) is 4.81. The highest BCUT2D eigenvalue weighted by atomic mass is 127. The number of hydrogen-bond acceptors (Lipinski definition) is 3. The first-order valence-corrected chi connectivity index (χ1v) is 7.54. The Morgan fingerprint density at radius 2 is 2.26 bits per heavy atom. The molecule has 0 aromatic heterocycles. The van der Waals surface area contributed by atoms with E-state index in [1.807, 2.05) is 12.1 Å². The maximum absolute atomic E-state index is 12.2. The summed E-state index contributed by atoms with van der Waals surface area (Å²) >= 11 is 2.19. The Labute approximate surface area is 127 Å². The molecule has 0 saturated carbocycles. The van der Waals surface area contributed by atoms with Crippen LogP contribution < -0.4 is 10.1 Å². The smallest absolute Gasteiger partial charge is 0.252 e. The number of benzene rings is 1. The summed E-state index contributed by atoms with van der Waals surface area (Å²) in [5.74, 6) is 0.707. The second-order valence-corrected chi connectivity index (χ2v) is 5.98. The SMILES string of the molecule is COc1cc(C(=O)NC2CCCCN2C)ccc1I. The quantitative estimate of drug-likeness (QED) is 0.827. The van der Waals surface area contributed by atoms with E-state index in [2.05, 4.69) is 39.9 Å². The van der Waals surface area contributed by atoms with E-state index in [-0.39, 0.29) is 12.1 Å². The van der Waals surface area contributed by atoms with Crippen molar-refractivity contribution in [3.05, 3.63) is 27.3 Å². The Morgan fingerprint density at radius 1 is 1.47 bits per heavy atom. The van der Waals surface area contributed by atoms with Crippen LogP contribution in [0.1, 0.15) is 29.6 Å². The second kappa shape index (κ2) is 6.56. The van der Waals surface area contributed by atoms with Crippen LogP contribution in [0.3, 0.4) is 0 Å². The minimum atomic E-state index is -0.0338. The molecule has 5 heteroatoms. The summed E-state index contributed by atoms with van der Waals surface area (Å²) in [6.07, 6.45) is 3.54. The zero-order chi connectivity index (χ0) is 13.8. The van der Waals surface area contributed by atoms with Gasteiger partial charge in [-0.3, -0.25) is 9.69 Å². The van der Waals surface area contributed by atoms with Gasteiger partial charge in [-0.1, -0.05) is 0 Å². The molecular formula is C14H19IN2O2. The Morgan fingerprint density at radius 3 is 2.95 bits per heavy atom. The van der Waals surface area contributed by atoms with Crippen LogP contribution in [-0.2, 0) is 0 Å². The monoisotopic (exact) mass is 374 g/mol. The van der Waals surface area contributed by atoms with Crippen LogP contribution in [0.2, 0.25) is 0 Å². The van der Waals surface area contributed by atoms with Gasteiger partial charge in [0.1, 0.15) is 5.75 Å². The van der Waals surface area contributed by atoms with E-state index in [0.717, 1.165) is 22.3 Å². The van der Waals surface area contributed by atoms with Gasteiger partial charge in [0.25, 0.3) is 5.91 Å². The first-order chi connectivity index (χ1) is 9.11. The molecule has 1 atom stereocenters. The summed E-state index contributed by atoms with van der Waals surface area (Å²) in [5, 5.41) is 3.08. The van der Waals surface area contributed by atoms with Gasteiger partial charge in [0.2, 0.25) is 0 Å². The van der Waals surface area contributed by atoms with Crippen molar-refractivity contribution in [2.75, 3.05) is 20.7 Å². The van der Waals surface area contributed by atoms with E-state index in [4.69, 9.17) is 4.74 Å². The molecule has 0 aliphatic carbocycles. The molecule has 1 aromatic carbocycles. The van der Waals surface area contributed by atoms with Crippen LogP contribution in [-0.4, -0.2) is 37.7 Å². The number of amides is 1. The number of nitrogens with zero attached hydrogens (tertiary/aromatic N) is 1. The van der Waals surface area contributed by atoms with E-state index in [1.165, 1.54) is 12.8 Å². The molecule has 1 aliphatic rings. The summed E-state index contributed by atoms with van der Waals surface area (Å²) in [4.78, 5) is 14.4. The van der Waals surface area contributed by atoms with Crippen molar-refractivity contribution in [2.24, 2.45) is 0 Å². The Kier molecular flexibility index (Phi) is 5.04. The van der Waals surface area contributed by atoms with E-state index in [1.54, 1.807) is 13.2 Å². The van der Waals surface area contributed by atoms with Crippen molar-refractivity contribution >= 4 is 28.5 Å². The number of likely N-dealkylation sites (tertiary alicyclic amines) is 1. The molecule has 2 rings (SSSR count). The van der Waals surface area contributed by atoms with E-state index < -0.39 is 0 Å². The lowest BCUT2D eigenvalue weighted by atomic mass is 10.1. The van der Waals surface area contributed by atoms with Crippen LogP contribution in [0.4, 0.5) is 0 Å². The van der Waals surface area contributed by atoms with E-state index in [0.29, 0.717) is 5.56 Å². The molecule has 1 saturated heterocycles. The molecular weight excluding hydrogens is 355 g/mol. The molecule has 1 heterocycles. The van der Waals surface area contributed by atoms with Crippen LogP contribution in [0, 0.1) is 3.57 Å². The van der Waals surface area contributed by atoms with Gasteiger partial charge in [-0.15, -0.1) is 0 Å². The molecule has 0 spiro atoms. The topological polar surface area (TPSA) is 41.6 Å². The average molecular weight is 374 g/mol. The predicted octanol–water partition coefficient (Wildman–Crippen LogP) is 2.47. The number of halogens is 1. The summed E-state index contributed by atoms with van der Waals surface area (Å²) < 4.78 is 6.25. The molecule has 1 fully saturated rings. The Bertz CT molecular complexity index is 465. The number of ether oxygens (including phenoxy) is 1. The van der Waals surface area contributed by atoms with Crippen LogP contribution in [0.15, 0.2) is 18.2 Å². The number of nitrogens with one attached hydrogen (secondary N) is 1. The number of carbonyl (C=O) groups is 1. The summed E-state index contributed by atoms with van der Waals surface area (Å²) in [5.41, 5.74) is 0.649. The molecule has 1 amide bonds. The van der Waals surface area contributed by atoms with Gasteiger partial charge in [0.15, 0.2) is 0 Å². The Hall–Kier alpha value is -0.820. The highest BCUT2D eigenvalue weighted by Gasteiger charge is 2.21. The lowest BCUT2D eigenvalue weighted by Crippen LogP contribution is -2.48. The number of piperidine rings is 1. The zero-order valence-electron chi connectivity index (χ0n) is 11.3. The molecule has 104 valence electrons. The predicted molar refractivity (Wildman–Crippen MR) is 83.4 cm³/mol. The first-order valence-electron chi connectivity index (χ1n) is 6.46. The molecule has 1 aromatic rings. The summed E-state index contributed by atoms with van der Waals surface area (Å²) in [6.45, 7) is 1.04. The van der Waals surface area contributed by atoms with Crippen molar-refractivity contribution in [1.29, 1.82) is 0 Å². The van der Waals surface area contributed by atoms with Gasteiger partial charge in [-0.05, 0) is 73.6 Å². The number of hydrogen-bond donors (Lipinski definition) is 1. The van der Waals surface area contributed by atoms with Crippen LogP contribution in [0.25, 0.3) is 0 Å². The van der Waals surface area contributed by atoms with Crippen molar-refractivity contribution in [3.8, 4) is 5.75 Å². The largest absolute Gasteiger partial charge is 0.496 e. The zero-order valence-corrected chi connectivity index (χ0v) is 13.4. The molecule has 4 nitrogen and oxygen atoms in total. The fourth-order valence-corrected chi connectivity index (χ4v) is 2.85. The minimum absolute atomic E-state index is 0.0338. The number of methoxy groups -OCH3 is 1. The molecule has 0 bridgehead atoms. The van der Waals surface area contributed by atoms with Gasteiger partial charge in [0, 0.05) is 5.56 Å². The van der Waals surface area contributed by atoms with E-state index in [9.17, 15) is 4.79 Å². The van der Waals surface area contributed by atoms with Gasteiger partial charge in [0.05, 0.1) is 16.8 Å². The molecule has 19 heavy (non-hydrogen) atoms. The van der Waals surface area contributed by atoms with Crippen molar-refractivity contribution in [1.82, 2.24) is 10.2 Å². The molecule has 1 unspecified atom stereocenters. The molecule has 0 radical (unpaired) electrons. The number of carbonyl (C=O) groups excluding carboxylic acids is 1. The first kappa shape index (κ1) is 14.6. The molecule has 1 aliphatic heterocycles. The average Bonchev–Trinajstić information content (AvgIpc) is 2.42. The number of rotatable bonds is 3. The summed E-state index contributed by atoms with van der Waals surface area (Å²) in [6, 6.07) is 5.53. The fourth-order valence-electron chi connectivity index (χ4n) is 2.29. The van der Waals surface area contributed by atoms with Crippen molar-refractivity contribution in [2.45, 2.75) is 25.4 Å². The highest BCUT2D eigenvalue weighted by Crippen LogP contribution is 2.22. The third-order valence-electron chi connectivity index (χ3n) is 3.48. The highest BCUT2D eigenvalue weighted by molar-refractivity contribution is 14.1.